The zero-order valence-electron chi connectivity index (χ0n) is 14.9. The van der Waals surface area contributed by atoms with Crippen molar-refractivity contribution in [2.45, 2.75) is 40.5 Å². The van der Waals surface area contributed by atoms with Gasteiger partial charge in [0.2, 0.25) is 0 Å². The van der Waals surface area contributed by atoms with Crippen molar-refractivity contribution in [2.75, 3.05) is 26.2 Å². The second-order valence-corrected chi connectivity index (χ2v) is 6.43. The van der Waals surface area contributed by atoms with Crippen molar-refractivity contribution in [3.63, 3.8) is 0 Å². The largest absolute Gasteiger partial charge is 0.466 e. The highest BCUT2D eigenvalue weighted by atomic mass is 16.5. The number of Topliss-reactive ketones (excluding diaryl/α,β-unsaturated/α-hetero) is 2. The Balaban J connectivity index is 2.06. The molecular formula is C18H26N2O4. The molecular weight excluding hydrogens is 308 g/mol. The van der Waals surface area contributed by atoms with Gasteiger partial charge in [-0.15, -0.1) is 0 Å². The van der Waals surface area contributed by atoms with E-state index in [1.807, 2.05) is 4.90 Å². The van der Waals surface area contributed by atoms with Gasteiger partial charge in [0, 0.05) is 17.8 Å². The van der Waals surface area contributed by atoms with Crippen molar-refractivity contribution in [1.82, 2.24) is 9.88 Å². The van der Waals surface area contributed by atoms with Gasteiger partial charge in [-0.05, 0) is 52.6 Å². The number of rotatable bonds is 6. The molecule has 0 aliphatic carbocycles. The summed E-state index contributed by atoms with van der Waals surface area (Å²) in [6, 6.07) is 0. The lowest BCUT2D eigenvalue weighted by atomic mass is 9.97. The number of piperidine rings is 1. The number of nitrogens with one attached hydrogen (secondary N) is 1. The molecule has 1 aromatic heterocycles. The van der Waals surface area contributed by atoms with Gasteiger partial charge in [-0.1, -0.05) is 0 Å². The fraction of sp³-hybridized carbons (Fsp3) is 0.611. The minimum absolute atomic E-state index is 0.0411. The Morgan fingerprint density at radius 2 is 2.00 bits per heavy atom. The summed E-state index contributed by atoms with van der Waals surface area (Å²) >= 11 is 0. The maximum Gasteiger partial charge on any atom is 0.310 e. The fourth-order valence-corrected chi connectivity index (χ4v) is 3.49. The molecule has 0 bridgehead atoms. The lowest BCUT2D eigenvalue weighted by Gasteiger charge is -2.30. The second kappa shape index (κ2) is 7.75. The molecule has 24 heavy (non-hydrogen) atoms. The van der Waals surface area contributed by atoms with E-state index < -0.39 is 0 Å². The third-order valence-electron chi connectivity index (χ3n) is 4.56. The standard InChI is InChI=1S/C18H26N2O4/c1-5-24-18(23)14-7-6-8-20(9-14)10-15(22)17-11(2)16(13(4)21)12(3)19-17/h14,19H,5-10H2,1-4H3/t14-/m1/s1. The molecule has 1 saturated heterocycles. The lowest BCUT2D eigenvalue weighted by Crippen LogP contribution is -2.42. The van der Waals surface area contributed by atoms with E-state index in [1.54, 1.807) is 20.8 Å². The van der Waals surface area contributed by atoms with Crippen LogP contribution in [0.3, 0.4) is 0 Å². The van der Waals surface area contributed by atoms with Crippen molar-refractivity contribution in [3.8, 4) is 0 Å². The molecule has 1 aliphatic rings. The summed E-state index contributed by atoms with van der Waals surface area (Å²) in [5.74, 6) is -0.431. The number of aromatic amines is 1. The van der Waals surface area contributed by atoms with Gasteiger partial charge in [-0.2, -0.15) is 0 Å². The van der Waals surface area contributed by atoms with Crippen molar-refractivity contribution in [1.29, 1.82) is 0 Å². The van der Waals surface area contributed by atoms with Crippen molar-refractivity contribution in [2.24, 2.45) is 5.92 Å². The predicted molar refractivity (Wildman–Crippen MR) is 90.4 cm³/mol. The first-order chi connectivity index (χ1) is 11.3. The van der Waals surface area contributed by atoms with Crippen molar-refractivity contribution < 1.29 is 19.1 Å². The normalized spacial score (nSPS) is 18.4. The highest BCUT2D eigenvalue weighted by Gasteiger charge is 2.29. The van der Waals surface area contributed by atoms with Gasteiger partial charge >= 0.3 is 5.97 Å². The van der Waals surface area contributed by atoms with Crippen LogP contribution in [0.1, 0.15) is 58.8 Å². The van der Waals surface area contributed by atoms with E-state index in [4.69, 9.17) is 4.74 Å². The zero-order chi connectivity index (χ0) is 17.9. The Hall–Kier alpha value is -1.95. The van der Waals surface area contributed by atoms with Crippen LogP contribution in [0, 0.1) is 19.8 Å². The molecule has 1 aliphatic heterocycles. The van der Waals surface area contributed by atoms with Crippen LogP contribution in [0.15, 0.2) is 0 Å². The van der Waals surface area contributed by atoms with Gasteiger partial charge in [0.15, 0.2) is 11.6 Å². The Bertz CT molecular complexity index is 648. The molecule has 1 fully saturated rings. The number of ether oxygens (including phenoxy) is 1. The van der Waals surface area contributed by atoms with Gasteiger partial charge in [0.05, 0.1) is 24.8 Å². The Morgan fingerprint density at radius 1 is 1.29 bits per heavy atom. The summed E-state index contributed by atoms with van der Waals surface area (Å²) in [6.45, 7) is 8.86. The van der Waals surface area contributed by atoms with E-state index in [0.29, 0.717) is 30.0 Å². The minimum atomic E-state index is -0.180. The fourth-order valence-electron chi connectivity index (χ4n) is 3.49. The third-order valence-corrected chi connectivity index (χ3v) is 4.56. The molecule has 6 heteroatoms. The molecule has 0 saturated carbocycles. The Labute approximate surface area is 142 Å². The van der Waals surface area contributed by atoms with Crippen LogP contribution in [0.5, 0.6) is 0 Å². The van der Waals surface area contributed by atoms with Crippen LogP contribution in [0.25, 0.3) is 0 Å². The summed E-state index contributed by atoms with van der Waals surface area (Å²) < 4.78 is 5.09. The highest BCUT2D eigenvalue weighted by Crippen LogP contribution is 2.21. The lowest BCUT2D eigenvalue weighted by molar-refractivity contribution is -0.149. The quantitative estimate of drug-likeness (QED) is 0.638. The monoisotopic (exact) mass is 334 g/mol. The highest BCUT2D eigenvalue weighted by molar-refractivity contribution is 6.03. The van der Waals surface area contributed by atoms with Crippen LogP contribution in [-0.4, -0.2) is 53.7 Å². The predicted octanol–water partition coefficient (Wildman–Crippen LogP) is 2.29. The number of hydrogen-bond donors (Lipinski definition) is 1. The summed E-state index contributed by atoms with van der Waals surface area (Å²) in [4.78, 5) is 41.3. The van der Waals surface area contributed by atoms with E-state index in [2.05, 4.69) is 4.98 Å². The summed E-state index contributed by atoms with van der Waals surface area (Å²) in [5, 5.41) is 0. The molecule has 0 aromatic carbocycles. The van der Waals surface area contributed by atoms with Crippen molar-refractivity contribution >= 4 is 17.5 Å². The van der Waals surface area contributed by atoms with E-state index in [0.717, 1.165) is 25.1 Å². The molecule has 1 N–H and O–H groups in total. The molecule has 0 amide bonds. The molecule has 0 spiro atoms. The van der Waals surface area contributed by atoms with Gasteiger partial charge in [0.1, 0.15) is 0 Å². The summed E-state index contributed by atoms with van der Waals surface area (Å²) in [6.07, 6.45) is 1.68. The van der Waals surface area contributed by atoms with Crippen LogP contribution >= 0.6 is 0 Å². The molecule has 1 atom stereocenters. The number of ketones is 2. The first-order valence-electron chi connectivity index (χ1n) is 8.47. The van der Waals surface area contributed by atoms with Gasteiger partial charge in [0.25, 0.3) is 0 Å². The topological polar surface area (TPSA) is 79.5 Å². The van der Waals surface area contributed by atoms with Crippen LogP contribution in [0.2, 0.25) is 0 Å². The summed E-state index contributed by atoms with van der Waals surface area (Å²) in [5.41, 5.74) is 2.53. The molecule has 132 valence electrons. The molecule has 0 radical (unpaired) electrons. The number of likely N-dealkylation sites (tertiary alicyclic amines) is 1. The molecule has 0 unspecified atom stereocenters. The number of carbonyl (C=O) groups is 3. The SMILES string of the molecule is CCOC(=O)[C@@H]1CCCN(CC(=O)c2[nH]c(C)c(C(C)=O)c2C)C1. The van der Waals surface area contributed by atoms with Gasteiger partial charge in [-0.25, -0.2) is 0 Å². The number of carbonyl (C=O) groups excluding carboxylic acids is 3. The number of hydrogen-bond acceptors (Lipinski definition) is 5. The Kier molecular flexibility index (Phi) is 5.94. The molecule has 1 aromatic rings. The first-order valence-corrected chi connectivity index (χ1v) is 8.47. The Morgan fingerprint density at radius 3 is 2.58 bits per heavy atom. The minimum Gasteiger partial charge on any atom is -0.466 e. The molecule has 2 rings (SSSR count). The second-order valence-electron chi connectivity index (χ2n) is 6.43. The number of aromatic nitrogens is 1. The van der Waals surface area contributed by atoms with Gasteiger partial charge < -0.3 is 9.72 Å². The average molecular weight is 334 g/mol. The van der Waals surface area contributed by atoms with E-state index >= 15 is 0 Å². The van der Waals surface area contributed by atoms with Crippen LogP contribution in [0.4, 0.5) is 0 Å². The molecule has 6 nitrogen and oxygen atoms in total. The zero-order valence-corrected chi connectivity index (χ0v) is 14.9. The van der Waals surface area contributed by atoms with Crippen LogP contribution in [-0.2, 0) is 9.53 Å². The smallest absolute Gasteiger partial charge is 0.310 e. The maximum atomic E-state index is 12.6. The average Bonchev–Trinajstić information content (AvgIpc) is 2.82. The number of aryl methyl sites for hydroxylation is 1. The number of nitrogens with zero attached hydrogens (tertiary/aromatic N) is 1. The van der Waals surface area contributed by atoms with E-state index in [9.17, 15) is 14.4 Å². The summed E-state index contributed by atoms with van der Waals surface area (Å²) in [7, 11) is 0. The van der Waals surface area contributed by atoms with Crippen molar-refractivity contribution in [3.05, 3.63) is 22.5 Å². The van der Waals surface area contributed by atoms with Gasteiger partial charge in [-0.3, -0.25) is 19.3 Å². The third kappa shape index (κ3) is 3.93. The number of H-pyrrole nitrogens is 1. The first kappa shape index (κ1) is 18.4. The number of esters is 1. The molecule has 2 heterocycles. The van der Waals surface area contributed by atoms with Crippen LogP contribution < -0.4 is 0 Å². The maximum absolute atomic E-state index is 12.6. The van der Waals surface area contributed by atoms with E-state index in [1.165, 1.54) is 6.92 Å². The van der Waals surface area contributed by atoms with E-state index in [-0.39, 0.29) is 30.0 Å².